The molecule has 8 nitrogen and oxygen atoms in total. The van der Waals surface area contributed by atoms with Crippen molar-refractivity contribution >= 4 is 0 Å². The Morgan fingerprint density at radius 3 is 1.27 bits per heavy atom. The van der Waals surface area contributed by atoms with Crippen molar-refractivity contribution in [2.75, 3.05) is 20.4 Å². The molecule has 3 heterocycles. The van der Waals surface area contributed by atoms with Gasteiger partial charge in [-0.15, -0.1) is 0 Å². The summed E-state index contributed by atoms with van der Waals surface area (Å²) in [5.74, 6) is 7.20. The van der Waals surface area contributed by atoms with Crippen molar-refractivity contribution in [3.8, 4) is 46.0 Å². The van der Waals surface area contributed by atoms with Crippen LogP contribution in [0.1, 0.15) is 74.2 Å². The summed E-state index contributed by atoms with van der Waals surface area (Å²) < 4.78 is 43.0. The molecule has 0 atom stereocenters. The van der Waals surface area contributed by atoms with E-state index in [2.05, 4.69) is 97.9 Å². The standard InChI is InChI=1S/2C15H16O.3C9H10O2.CH4/c1-12-7-6-10-15(13(12)2)16-11-14-8-4-3-5-9-14;1-12-8-9-15(10-13(12)2)16-11-14-6-4-3-5-7-14;1-6-3-8-9(4-7(6)2)11-5-10-8;2*1-6-3-4-8-9(7(6)2)11-5-10-8;/h2*3-10H,11H2,1-2H3;3*3-4H,5H2,1-2H3;1H4. The lowest BCUT2D eigenvalue weighted by atomic mass is 10.1. The molecule has 0 spiro atoms. The first-order valence-corrected chi connectivity index (χ1v) is 21.9. The third-order valence-electron chi connectivity index (χ3n) is 11.6. The van der Waals surface area contributed by atoms with Crippen LogP contribution in [-0.4, -0.2) is 20.4 Å². The highest BCUT2D eigenvalue weighted by Crippen LogP contribution is 2.38. The van der Waals surface area contributed by atoms with Gasteiger partial charge in [-0.2, -0.15) is 0 Å². The van der Waals surface area contributed by atoms with Gasteiger partial charge >= 0.3 is 0 Å². The summed E-state index contributed by atoms with van der Waals surface area (Å²) in [6.45, 7) is 23.1. The third kappa shape index (κ3) is 13.7. The maximum Gasteiger partial charge on any atom is 0.231 e. The molecule has 0 bridgehead atoms. The Labute approximate surface area is 393 Å². The van der Waals surface area contributed by atoms with Gasteiger partial charge in [-0.05, 0) is 178 Å². The average molecular weight is 891 g/mol. The molecule has 0 unspecified atom stereocenters. The zero-order valence-electron chi connectivity index (χ0n) is 39.5. The molecule has 0 aliphatic carbocycles. The molecule has 3 aliphatic rings. The molecule has 8 heteroatoms. The SMILES string of the molecule is C.Cc1cc2c(cc1C)OCO2.Cc1ccc(OCc2ccccc2)cc1C.Cc1ccc2c(c1C)OCO2.Cc1ccc2c(c1C)OCO2.Cc1cccc(OCc2ccccc2)c1C. The topological polar surface area (TPSA) is 73.8 Å². The summed E-state index contributed by atoms with van der Waals surface area (Å²) in [6.07, 6.45) is 0. The molecule has 66 heavy (non-hydrogen) atoms. The van der Waals surface area contributed by atoms with E-state index in [0.29, 0.717) is 33.6 Å². The number of aryl methyl sites for hydroxylation is 7. The number of hydrogen-bond acceptors (Lipinski definition) is 8. The van der Waals surface area contributed by atoms with E-state index in [4.69, 9.17) is 37.9 Å². The van der Waals surface area contributed by atoms with Gasteiger partial charge in [0, 0.05) is 0 Å². The Balaban J connectivity index is 0.000000156. The molecule has 10 rings (SSSR count). The number of hydrogen-bond donors (Lipinski definition) is 0. The van der Waals surface area contributed by atoms with E-state index in [9.17, 15) is 0 Å². The van der Waals surface area contributed by atoms with Gasteiger partial charge in [0.1, 0.15) is 24.7 Å². The zero-order valence-corrected chi connectivity index (χ0v) is 39.5. The third-order valence-corrected chi connectivity index (χ3v) is 11.6. The monoisotopic (exact) mass is 890 g/mol. The lowest BCUT2D eigenvalue weighted by Gasteiger charge is -2.10. The van der Waals surface area contributed by atoms with E-state index in [1.54, 1.807) is 0 Å². The van der Waals surface area contributed by atoms with Gasteiger partial charge in [0.2, 0.25) is 20.4 Å². The van der Waals surface area contributed by atoms with Crippen LogP contribution in [0.3, 0.4) is 0 Å². The normalized spacial score (nSPS) is 11.7. The summed E-state index contributed by atoms with van der Waals surface area (Å²) in [5.41, 5.74) is 14.8. The molecule has 0 aromatic heterocycles. The van der Waals surface area contributed by atoms with E-state index in [0.717, 1.165) is 46.0 Å². The molecular weight excluding hydrogens is 825 g/mol. The molecule has 0 saturated heterocycles. The van der Waals surface area contributed by atoms with Crippen LogP contribution in [0.15, 0.2) is 133 Å². The molecule has 7 aromatic rings. The predicted molar refractivity (Wildman–Crippen MR) is 266 cm³/mol. The number of benzene rings is 7. The van der Waals surface area contributed by atoms with Crippen molar-refractivity contribution in [2.45, 2.75) is 89.9 Å². The molecule has 346 valence electrons. The number of ether oxygens (including phenoxy) is 8. The lowest BCUT2D eigenvalue weighted by Crippen LogP contribution is -1.97. The van der Waals surface area contributed by atoms with E-state index in [-0.39, 0.29) is 7.43 Å². The summed E-state index contributed by atoms with van der Waals surface area (Å²) in [5, 5.41) is 0. The van der Waals surface area contributed by atoms with Crippen molar-refractivity contribution in [3.05, 3.63) is 200 Å². The molecule has 0 N–H and O–H groups in total. The van der Waals surface area contributed by atoms with Crippen LogP contribution >= 0.6 is 0 Å². The van der Waals surface area contributed by atoms with Crippen LogP contribution < -0.4 is 37.9 Å². The minimum absolute atomic E-state index is 0. The molecule has 0 saturated carbocycles. The minimum Gasteiger partial charge on any atom is -0.489 e. The maximum absolute atomic E-state index is 5.80. The number of fused-ring (bicyclic) bond motifs is 3. The molecule has 7 aromatic carbocycles. The van der Waals surface area contributed by atoms with E-state index in [1.807, 2.05) is 105 Å². The highest BCUT2D eigenvalue weighted by molar-refractivity contribution is 5.52. The second-order valence-corrected chi connectivity index (χ2v) is 16.3. The van der Waals surface area contributed by atoms with Gasteiger partial charge in [0.15, 0.2) is 34.5 Å². The fourth-order valence-corrected chi connectivity index (χ4v) is 6.73. The first-order valence-electron chi connectivity index (χ1n) is 21.9. The van der Waals surface area contributed by atoms with Crippen LogP contribution in [0.4, 0.5) is 0 Å². The minimum atomic E-state index is 0. The maximum atomic E-state index is 5.80. The highest BCUT2D eigenvalue weighted by atomic mass is 16.7. The molecule has 0 amide bonds. The molecular formula is C58H66O8. The Hall–Kier alpha value is -7.06. The predicted octanol–water partition coefficient (Wildman–Crippen LogP) is 14.5. The van der Waals surface area contributed by atoms with Crippen molar-refractivity contribution < 1.29 is 37.9 Å². The van der Waals surface area contributed by atoms with E-state index >= 15 is 0 Å². The average Bonchev–Trinajstić information content (AvgIpc) is 4.12. The van der Waals surface area contributed by atoms with Gasteiger partial charge in [-0.25, -0.2) is 0 Å². The van der Waals surface area contributed by atoms with Gasteiger partial charge in [0.05, 0.1) is 0 Å². The fraction of sp³-hybridized carbons (Fsp3) is 0.276. The van der Waals surface area contributed by atoms with Crippen LogP contribution in [0.5, 0.6) is 46.0 Å². The van der Waals surface area contributed by atoms with Gasteiger partial charge in [0.25, 0.3) is 0 Å². The van der Waals surface area contributed by atoms with Crippen molar-refractivity contribution in [2.24, 2.45) is 0 Å². The van der Waals surface area contributed by atoms with Crippen molar-refractivity contribution in [3.63, 3.8) is 0 Å². The highest BCUT2D eigenvalue weighted by Gasteiger charge is 2.17. The molecule has 0 fully saturated rings. The van der Waals surface area contributed by atoms with Gasteiger partial charge in [-0.3, -0.25) is 0 Å². The van der Waals surface area contributed by atoms with Gasteiger partial charge < -0.3 is 37.9 Å². The summed E-state index contributed by atoms with van der Waals surface area (Å²) in [6, 6.07) is 44.8. The first-order chi connectivity index (χ1) is 31.4. The van der Waals surface area contributed by atoms with Crippen LogP contribution in [-0.2, 0) is 13.2 Å². The smallest absolute Gasteiger partial charge is 0.231 e. The van der Waals surface area contributed by atoms with Gasteiger partial charge in [-0.1, -0.05) is 98.4 Å². The summed E-state index contributed by atoms with van der Waals surface area (Å²) in [4.78, 5) is 0. The Morgan fingerprint density at radius 2 is 0.773 bits per heavy atom. The second-order valence-electron chi connectivity index (χ2n) is 16.3. The van der Waals surface area contributed by atoms with Crippen molar-refractivity contribution in [1.29, 1.82) is 0 Å². The largest absolute Gasteiger partial charge is 0.489 e. The summed E-state index contributed by atoms with van der Waals surface area (Å²) in [7, 11) is 0. The Kier molecular flexibility index (Phi) is 18.4. The van der Waals surface area contributed by atoms with Crippen LogP contribution in [0.2, 0.25) is 0 Å². The zero-order chi connectivity index (χ0) is 46.3. The molecule has 0 radical (unpaired) electrons. The fourth-order valence-electron chi connectivity index (χ4n) is 6.73. The Bertz CT molecular complexity index is 2550. The van der Waals surface area contributed by atoms with Crippen molar-refractivity contribution in [1.82, 2.24) is 0 Å². The first kappa shape index (κ1) is 49.9. The van der Waals surface area contributed by atoms with Crippen LogP contribution in [0.25, 0.3) is 0 Å². The van der Waals surface area contributed by atoms with Crippen LogP contribution in [0, 0.1) is 69.2 Å². The summed E-state index contributed by atoms with van der Waals surface area (Å²) >= 11 is 0. The number of rotatable bonds is 6. The lowest BCUT2D eigenvalue weighted by molar-refractivity contribution is 0.173. The second kappa shape index (κ2) is 24.3. The van der Waals surface area contributed by atoms with E-state index in [1.165, 1.54) is 66.8 Å². The van der Waals surface area contributed by atoms with E-state index < -0.39 is 0 Å². The molecule has 3 aliphatic heterocycles. The quantitative estimate of drug-likeness (QED) is 0.163. The Morgan fingerprint density at radius 1 is 0.348 bits per heavy atom.